The van der Waals surface area contributed by atoms with E-state index < -0.39 is 4.92 Å². The lowest BCUT2D eigenvalue weighted by molar-refractivity contribution is -0.384. The SMILES string of the molecule is COC(=O)C1CNC1Cc1cccc([N+](=O)[O-])c1. The van der Waals surface area contributed by atoms with E-state index in [9.17, 15) is 14.9 Å². The van der Waals surface area contributed by atoms with Crippen molar-refractivity contribution < 1.29 is 14.5 Å². The van der Waals surface area contributed by atoms with Crippen molar-refractivity contribution in [3.8, 4) is 0 Å². The van der Waals surface area contributed by atoms with E-state index in [1.54, 1.807) is 6.07 Å². The molecule has 1 aliphatic heterocycles. The maximum atomic E-state index is 11.4. The van der Waals surface area contributed by atoms with Crippen molar-refractivity contribution >= 4 is 11.7 Å². The first-order valence-electron chi connectivity index (χ1n) is 5.66. The Morgan fingerprint density at radius 3 is 2.94 bits per heavy atom. The Kier molecular flexibility index (Phi) is 3.57. The van der Waals surface area contributed by atoms with Crippen LogP contribution in [-0.4, -0.2) is 30.6 Å². The molecule has 1 fully saturated rings. The third kappa shape index (κ3) is 2.48. The van der Waals surface area contributed by atoms with E-state index in [0.717, 1.165) is 5.56 Å². The van der Waals surface area contributed by atoms with E-state index >= 15 is 0 Å². The number of ether oxygens (including phenoxy) is 1. The van der Waals surface area contributed by atoms with Gasteiger partial charge in [0.05, 0.1) is 18.0 Å². The summed E-state index contributed by atoms with van der Waals surface area (Å²) in [4.78, 5) is 21.6. The van der Waals surface area contributed by atoms with Crippen LogP contribution in [0, 0.1) is 16.0 Å². The van der Waals surface area contributed by atoms with Gasteiger partial charge >= 0.3 is 5.97 Å². The van der Waals surface area contributed by atoms with Crippen LogP contribution in [0.1, 0.15) is 5.56 Å². The summed E-state index contributed by atoms with van der Waals surface area (Å²) < 4.78 is 4.70. The Labute approximate surface area is 104 Å². The fourth-order valence-corrected chi connectivity index (χ4v) is 2.07. The number of benzene rings is 1. The van der Waals surface area contributed by atoms with Crippen molar-refractivity contribution in [2.75, 3.05) is 13.7 Å². The summed E-state index contributed by atoms with van der Waals surface area (Å²) in [6, 6.07) is 6.46. The standard InChI is InChI=1S/C12H14N2O4/c1-18-12(15)10-7-13-11(10)6-8-3-2-4-9(5-8)14(16)17/h2-5,10-11,13H,6-7H2,1H3. The third-order valence-electron chi connectivity index (χ3n) is 3.17. The Morgan fingerprint density at radius 1 is 1.61 bits per heavy atom. The number of methoxy groups -OCH3 is 1. The van der Waals surface area contributed by atoms with Crippen LogP contribution in [0.15, 0.2) is 24.3 Å². The number of carbonyl (C=O) groups is 1. The zero-order valence-corrected chi connectivity index (χ0v) is 9.96. The Morgan fingerprint density at radius 2 is 2.39 bits per heavy atom. The van der Waals surface area contributed by atoms with E-state index in [-0.39, 0.29) is 23.6 Å². The van der Waals surface area contributed by atoms with Crippen molar-refractivity contribution in [3.05, 3.63) is 39.9 Å². The molecule has 1 aromatic carbocycles. The molecule has 2 unspecified atom stereocenters. The number of esters is 1. The van der Waals surface area contributed by atoms with Crippen LogP contribution in [0.4, 0.5) is 5.69 Å². The van der Waals surface area contributed by atoms with Gasteiger partial charge in [-0.15, -0.1) is 0 Å². The lowest BCUT2D eigenvalue weighted by atomic mass is 9.87. The lowest BCUT2D eigenvalue weighted by Crippen LogP contribution is -2.57. The summed E-state index contributed by atoms with van der Waals surface area (Å²) in [5.74, 6) is -0.390. The van der Waals surface area contributed by atoms with Crippen LogP contribution in [0.5, 0.6) is 0 Å². The number of nitrogens with one attached hydrogen (secondary N) is 1. The second kappa shape index (κ2) is 5.14. The van der Waals surface area contributed by atoms with Gasteiger partial charge in [0.1, 0.15) is 0 Å². The van der Waals surface area contributed by atoms with Gasteiger partial charge in [-0.3, -0.25) is 14.9 Å². The average molecular weight is 250 g/mol. The van der Waals surface area contributed by atoms with Crippen molar-refractivity contribution in [1.29, 1.82) is 0 Å². The Hall–Kier alpha value is -1.95. The Bertz CT molecular complexity index is 475. The summed E-state index contributed by atoms with van der Waals surface area (Å²) >= 11 is 0. The number of rotatable bonds is 4. The maximum absolute atomic E-state index is 11.4. The molecule has 18 heavy (non-hydrogen) atoms. The molecule has 6 heteroatoms. The number of nitrogens with zero attached hydrogens (tertiary/aromatic N) is 1. The molecule has 1 aliphatic rings. The van der Waals surface area contributed by atoms with Crippen LogP contribution in [0.2, 0.25) is 0 Å². The fraction of sp³-hybridized carbons (Fsp3) is 0.417. The second-order valence-corrected chi connectivity index (χ2v) is 4.28. The van der Waals surface area contributed by atoms with Crippen LogP contribution >= 0.6 is 0 Å². The molecule has 1 heterocycles. The highest BCUT2D eigenvalue weighted by Gasteiger charge is 2.36. The van der Waals surface area contributed by atoms with Crippen molar-refractivity contribution in [2.24, 2.45) is 5.92 Å². The van der Waals surface area contributed by atoms with Crippen LogP contribution in [-0.2, 0) is 16.0 Å². The average Bonchev–Trinajstić information content (AvgIpc) is 2.34. The van der Waals surface area contributed by atoms with Crippen molar-refractivity contribution in [3.63, 3.8) is 0 Å². The third-order valence-corrected chi connectivity index (χ3v) is 3.17. The van der Waals surface area contributed by atoms with Gasteiger partial charge in [0.2, 0.25) is 0 Å². The highest BCUT2D eigenvalue weighted by Crippen LogP contribution is 2.21. The number of hydrogen-bond donors (Lipinski definition) is 1. The normalized spacial score (nSPS) is 22.1. The van der Waals surface area contributed by atoms with Crippen LogP contribution < -0.4 is 5.32 Å². The molecule has 0 aromatic heterocycles. The molecule has 6 nitrogen and oxygen atoms in total. The zero-order chi connectivity index (χ0) is 13.1. The molecule has 2 rings (SSSR count). The fourth-order valence-electron chi connectivity index (χ4n) is 2.07. The summed E-state index contributed by atoms with van der Waals surface area (Å²) in [5.41, 5.74) is 0.914. The molecule has 0 saturated carbocycles. The minimum atomic E-state index is -0.421. The molecule has 0 amide bonds. The minimum absolute atomic E-state index is 0.000505. The number of carbonyl (C=O) groups excluding carboxylic acids is 1. The first kappa shape index (κ1) is 12.5. The molecule has 0 bridgehead atoms. The molecular weight excluding hydrogens is 236 g/mol. The van der Waals surface area contributed by atoms with Gasteiger partial charge in [0.25, 0.3) is 5.69 Å². The number of non-ortho nitro benzene ring substituents is 1. The lowest BCUT2D eigenvalue weighted by Gasteiger charge is -2.36. The summed E-state index contributed by atoms with van der Waals surface area (Å²) in [6.07, 6.45) is 0.585. The number of nitro groups is 1. The van der Waals surface area contributed by atoms with Gasteiger partial charge < -0.3 is 10.1 Å². The van der Waals surface area contributed by atoms with E-state index in [1.807, 2.05) is 6.07 Å². The highest BCUT2D eigenvalue weighted by molar-refractivity contribution is 5.74. The van der Waals surface area contributed by atoms with Crippen LogP contribution in [0.25, 0.3) is 0 Å². The second-order valence-electron chi connectivity index (χ2n) is 4.28. The summed E-state index contributed by atoms with van der Waals surface area (Å²) in [7, 11) is 1.37. The molecule has 0 radical (unpaired) electrons. The van der Waals surface area contributed by atoms with E-state index in [2.05, 4.69) is 5.32 Å². The molecule has 1 saturated heterocycles. The molecule has 1 N–H and O–H groups in total. The largest absolute Gasteiger partial charge is 0.469 e. The van der Waals surface area contributed by atoms with E-state index in [1.165, 1.54) is 19.2 Å². The predicted molar refractivity (Wildman–Crippen MR) is 64.1 cm³/mol. The topological polar surface area (TPSA) is 81.5 Å². The molecule has 1 aromatic rings. The zero-order valence-electron chi connectivity index (χ0n) is 9.96. The first-order valence-corrected chi connectivity index (χ1v) is 5.66. The van der Waals surface area contributed by atoms with Gasteiger partial charge in [-0.05, 0) is 12.0 Å². The minimum Gasteiger partial charge on any atom is -0.469 e. The molecule has 0 aliphatic carbocycles. The summed E-state index contributed by atoms with van der Waals surface area (Å²) in [5, 5.41) is 13.8. The van der Waals surface area contributed by atoms with Gasteiger partial charge in [0, 0.05) is 24.7 Å². The highest BCUT2D eigenvalue weighted by atomic mass is 16.6. The summed E-state index contributed by atoms with van der Waals surface area (Å²) in [6.45, 7) is 0.603. The van der Waals surface area contributed by atoms with Gasteiger partial charge in [0.15, 0.2) is 0 Å². The monoisotopic (exact) mass is 250 g/mol. The van der Waals surface area contributed by atoms with Crippen molar-refractivity contribution in [2.45, 2.75) is 12.5 Å². The number of hydrogen-bond acceptors (Lipinski definition) is 5. The predicted octanol–water partition coefficient (Wildman–Crippen LogP) is 0.898. The quantitative estimate of drug-likeness (QED) is 0.487. The van der Waals surface area contributed by atoms with Crippen LogP contribution in [0.3, 0.4) is 0 Å². The smallest absolute Gasteiger partial charge is 0.311 e. The van der Waals surface area contributed by atoms with Gasteiger partial charge in [-0.1, -0.05) is 12.1 Å². The van der Waals surface area contributed by atoms with E-state index in [0.29, 0.717) is 13.0 Å². The van der Waals surface area contributed by atoms with E-state index in [4.69, 9.17) is 4.74 Å². The van der Waals surface area contributed by atoms with Gasteiger partial charge in [-0.25, -0.2) is 0 Å². The molecule has 2 atom stereocenters. The van der Waals surface area contributed by atoms with Crippen molar-refractivity contribution in [1.82, 2.24) is 5.32 Å². The Balaban J connectivity index is 2.04. The molecule has 96 valence electrons. The van der Waals surface area contributed by atoms with Gasteiger partial charge in [-0.2, -0.15) is 0 Å². The maximum Gasteiger partial charge on any atom is 0.311 e. The number of nitro benzene ring substituents is 1. The molecular formula is C12H14N2O4. The molecule has 0 spiro atoms. The first-order chi connectivity index (χ1) is 8.61.